The molecule has 168 valence electrons. The molecule has 4 aromatic rings. The van der Waals surface area contributed by atoms with E-state index in [1.807, 2.05) is 61.5 Å². The van der Waals surface area contributed by atoms with Crippen LogP contribution in [0.4, 0.5) is 5.00 Å². The van der Waals surface area contributed by atoms with Gasteiger partial charge in [-0.2, -0.15) is 5.26 Å². The van der Waals surface area contributed by atoms with Crippen molar-refractivity contribution in [2.45, 2.75) is 13.3 Å². The molecule has 0 unspecified atom stereocenters. The summed E-state index contributed by atoms with van der Waals surface area (Å²) in [5.41, 5.74) is 2.75. The highest BCUT2D eigenvalue weighted by molar-refractivity contribution is 7.16. The van der Waals surface area contributed by atoms with Crippen molar-refractivity contribution >= 4 is 22.2 Å². The van der Waals surface area contributed by atoms with Crippen LogP contribution in [0.1, 0.15) is 31.9 Å². The third kappa shape index (κ3) is 4.32. The van der Waals surface area contributed by atoms with Gasteiger partial charge in [0.25, 0.3) is 5.91 Å². The molecule has 2 heterocycles. The van der Waals surface area contributed by atoms with Crippen molar-refractivity contribution in [2.75, 3.05) is 12.1 Å². The number of rotatable bonds is 6. The van der Waals surface area contributed by atoms with Crippen LogP contribution in [0.25, 0.3) is 0 Å². The van der Waals surface area contributed by atoms with E-state index >= 15 is 0 Å². The van der Waals surface area contributed by atoms with Crippen LogP contribution in [0.3, 0.4) is 0 Å². The van der Waals surface area contributed by atoms with E-state index in [9.17, 15) is 10.1 Å². The number of carbonyl (C=O) groups is 1. The van der Waals surface area contributed by atoms with Crippen LogP contribution in [0.5, 0.6) is 23.0 Å². The van der Waals surface area contributed by atoms with E-state index in [2.05, 4.69) is 11.4 Å². The van der Waals surface area contributed by atoms with Crippen molar-refractivity contribution in [3.63, 3.8) is 0 Å². The van der Waals surface area contributed by atoms with Crippen molar-refractivity contribution in [3.05, 3.63) is 99.9 Å². The van der Waals surface area contributed by atoms with Gasteiger partial charge in [0.2, 0.25) is 6.79 Å². The Morgan fingerprint density at radius 3 is 2.65 bits per heavy atom. The quantitative estimate of drug-likeness (QED) is 0.360. The van der Waals surface area contributed by atoms with Crippen molar-refractivity contribution < 1.29 is 19.0 Å². The van der Waals surface area contributed by atoms with Gasteiger partial charge in [-0.1, -0.05) is 36.4 Å². The highest BCUT2D eigenvalue weighted by Crippen LogP contribution is 2.37. The maximum atomic E-state index is 13.2. The zero-order valence-corrected chi connectivity index (χ0v) is 19.1. The molecule has 0 radical (unpaired) electrons. The van der Waals surface area contributed by atoms with Crippen LogP contribution < -0.4 is 19.5 Å². The second-order valence-corrected chi connectivity index (χ2v) is 8.80. The van der Waals surface area contributed by atoms with E-state index in [0.717, 1.165) is 27.5 Å². The Bertz CT molecular complexity index is 1410. The Morgan fingerprint density at radius 2 is 1.82 bits per heavy atom. The van der Waals surface area contributed by atoms with Crippen molar-refractivity contribution in [1.82, 2.24) is 0 Å². The molecule has 6 nitrogen and oxygen atoms in total. The third-order valence-corrected chi connectivity index (χ3v) is 6.70. The number of hydrogen-bond donors (Lipinski definition) is 1. The zero-order valence-electron chi connectivity index (χ0n) is 18.3. The number of nitrogens with one attached hydrogen (secondary N) is 1. The Balaban J connectivity index is 1.39. The number of hydrogen-bond acceptors (Lipinski definition) is 6. The van der Waals surface area contributed by atoms with Gasteiger partial charge in [-0.05, 0) is 54.4 Å². The van der Waals surface area contributed by atoms with Gasteiger partial charge in [0.15, 0.2) is 11.5 Å². The van der Waals surface area contributed by atoms with E-state index in [0.29, 0.717) is 34.0 Å². The lowest BCUT2D eigenvalue weighted by atomic mass is 10.1. The van der Waals surface area contributed by atoms with Crippen molar-refractivity contribution in [3.8, 4) is 29.1 Å². The predicted molar refractivity (Wildman–Crippen MR) is 130 cm³/mol. The fraction of sp³-hybridized carbons (Fsp3) is 0.111. The number of nitriles is 1. The maximum absolute atomic E-state index is 13.2. The standard InChI is InChI=1S/C27H20N2O4S/c1-17-21(15-28)27(34-25(17)14-18-11-12-23-24(13-18)32-16-31-23)29-26(30)20-9-5-6-10-22(20)33-19-7-3-2-4-8-19/h2-13H,14,16H2,1H3,(H,29,30). The van der Waals surface area contributed by atoms with E-state index < -0.39 is 0 Å². The van der Waals surface area contributed by atoms with Crippen molar-refractivity contribution in [2.24, 2.45) is 0 Å². The van der Waals surface area contributed by atoms with Gasteiger partial charge in [-0.15, -0.1) is 11.3 Å². The van der Waals surface area contributed by atoms with Gasteiger partial charge in [-0.25, -0.2) is 0 Å². The average molecular weight is 469 g/mol. The Labute approximate surface area is 201 Å². The summed E-state index contributed by atoms with van der Waals surface area (Å²) in [6.45, 7) is 2.13. The summed E-state index contributed by atoms with van der Waals surface area (Å²) >= 11 is 1.40. The highest BCUT2D eigenvalue weighted by atomic mass is 32.1. The average Bonchev–Trinajstić information content (AvgIpc) is 3.43. The molecule has 0 spiro atoms. The largest absolute Gasteiger partial charge is 0.457 e. The second-order valence-electron chi connectivity index (χ2n) is 7.70. The second kappa shape index (κ2) is 9.30. The molecule has 1 aliphatic heterocycles. The van der Waals surface area contributed by atoms with Crippen LogP contribution >= 0.6 is 11.3 Å². The number of amides is 1. The van der Waals surface area contributed by atoms with Crippen LogP contribution in [-0.2, 0) is 6.42 Å². The molecular weight excluding hydrogens is 448 g/mol. The molecule has 1 aromatic heterocycles. The minimum Gasteiger partial charge on any atom is -0.457 e. The number of carbonyl (C=O) groups excluding carboxylic acids is 1. The Morgan fingerprint density at radius 1 is 1.06 bits per heavy atom. The van der Waals surface area contributed by atoms with Gasteiger partial charge >= 0.3 is 0 Å². The SMILES string of the molecule is Cc1c(Cc2ccc3c(c2)OCO3)sc(NC(=O)c2ccccc2Oc2ccccc2)c1C#N. The third-order valence-electron chi connectivity index (χ3n) is 5.49. The molecule has 1 amide bonds. The lowest BCUT2D eigenvalue weighted by Crippen LogP contribution is -2.12. The molecule has 1 aliphatic rings. The molecule has 0 aliphatic carbocycles. The number of ether oxygens (including phenoxy) is 3. The summed E-state index contributed by atoms with van der Waals surface area (Å²) in [4.78, 5) is 14.2. The summed E-state index contributed by atoms with van der Waals surface area (Å²) in [6, 6.07) is 24.4. The summed E-state index contributed by atoms with van der Waals surface area (Å²) < 4.78 is 16.8. The normalized spacial score (nSPS) is 11.6. The van der Waals surface area contributed by atoms with Crippen LogP contribution in [-0.4, -0.2) is 12.7 Å². The van der Waals surface area contributed by atoms with Crippen LogP contribution in [0, 0.1) is 18.3 Å². The first kappa shape index (κ1) is 21.6. The minimum atomic E-state index is -0.334. The predicted octanol–water partition coefficient (Wildman–Crippen LogP) is 6.29. The lowest BCUT2D eigenvalue weighted by Gasteiger charge is -2.11. The molecule has 0 atom stereocenters. The van der Waals surface area contributed by atoms with Gasteiger partial charge in [-0.3, -0.25) is 4.79 Å². The molecule has 0 bridgehead atoms. The first-order valence-electron chi connectivity index (χ1n) is 10.7. The number of para-hydroxylation sites is 2. The van der Waals surface area contributed by atoms with Gasteiger partial charge in [0.1, 0.15) is 22.6 Å². The molecule has 5 rings (SSSR count). The molecule has 7 heteroatoms. The summed E-state index contributed by atoms with van der Waals surface area (Å²) in [7, 11) is 0. The Hall–Kier alpha value is -4.28. The van der Waals surface area contributed by atoms with Crippen LogP contribution in [0.2, 0.25) is 0 Å². The smallest absolute Gasteiger partial charge is 0.260 e. The molecule has 0 saturated heterocycles. The monoisotopic (exact) mass is 468 g/mol. The minimum absolute atomic E-state index is 0.223. The molecule has 34 heavy (non-hydrogen) atoms. The van der Waals surface area contributed by atoms with Gasteiger partial charge in [0.05, 0.1) is 11.1 Å². The summed E-state index contributed by atoms with van der Waals surface area (Å²) in [5, 5.41) is 13.2. The molecule has 3 aromatic carbocycles. The van der Waals surface area contributed by atoms with Crippen molar-refractivity contribution in [1.29, 1.82) is 5.26 Å². The molecule has 0 fully saturated rings. The van der Waals surface area contributed by atoms with Crippen LogP contribution in [0.15, 0.2) is 72.8 Å². The zero-order chi connectivity index (χ0) is 23.5. The molecule has 0 saturated carbocycles. The summed E-state index contributed by atoms with van der Waals surface area (Å²) in [6.07, 6.45) is 0.616. The van der Waals surface area contributed by atoms with E-state index in [-0.39, 0.29) is 12.7 Å². The van der Waals surface area contributed by atoms with Gasteiger partial charge in [0, 0.05) is 11.3 Å². The number of thiophene rings is 1. The first-order valence-corrected chi connectivity index (χ1v) is 11.5. The molecule has 1 N–H and O–H groups in total. The van der Waals surface area contributed by atoms with Gasteiger partial charge < -0.3 is 19.5 Å². The van der Waals surface area contributed by atoms with E-state index in [1.54, 1.807) is 18.2 Å². The van der Waals surface area contributed by atoms with E-state index in [4.69, 9.17) is 14.2 Å². The summed E-state index contributed by atoms with van der Waals surface area (Å²) in [5.74, 6) is 2.19. The molecular formula is C27H20N2O4S. The van der Waals surface area contributed by atoms with E-state index in [1.165, 1.54) is 11.3 Å². The maximum Gasteiger partial charge on any atom is 0.260 e. The number of fused-ring (bicyclic) bond motifs is 1. The fourth-order valence-corrected chi connectivity index (χ4v) is 4.90. The number of anilines is 1. The fourth-order valence-electron chi connectivity index (χ4n) is 3.72. The number of benzene rings is 3. The highest BCUT2D eigenvalue weighted by Gasteiger charge is 2.21. The first-order chi connectivity index (χ1) is 16.6. The lowest BCUT2D eigenvalue weighted by molar-refractivity contribution is 0.102. The topological polar surface area (TPSA) is 80.6 Å². The number of nitrogens with zero attached hydrogens (tertiary/aromatic N) is 1. The Kier molecular flexibility index (Phi) is 5.90.